The van der Waals surface area contributed by atoms with Crippen molar-refractivity contribution in [2.75, 3.05) is 6.61 Å². The lowest BCUT2D eigenvalue weighted by Crippen LogP contribution is -2.48. The molecule has 0 aromatic carbocycles. The molecule has 0 aromatic rings. The first kappa shape index (κ1) is 13.7. The van der Waals surface area contributed by atoms with E-state index < -0.39 is 43.1 Å². The molecule has 5 atom stereocenters. The van der Waals surface area contributed by atoms with Crippen LogP contribution in [0.5, 0.6) is 0 Å². The summed E-state index contributed by atoms with van der Waals surface area (Å²) in [6.07, 6.45) is -3.75. The van der Waals surface area contributed by atoms with Gasteiger partial charge in [0.1, 0.15) is 12.1 Å². The molecule has 0 aliphatic carbocycles. The fourth-order valence-corrected chi connectivity index (χ4v) is 1.68. The van der Waals surface area contributed by atoms with Gasteiger partial charge in [-0.25, -0.2) is 0 Å². The standard InChI is InChI=1S/C8H14N4O5/c1-3(14)10-5-6(15)7(17-8(5)16)4(2-13)11-12-9/h4-8,13,15-16H,2H2,1H3,(H,10,14)/t4-,5-,6?,7-,8-/m1/s1. The fourth-order valence-electron chi connectivity index (χ4n) is 1.68. The molecular formula is C8H14N4O5. The summed E-state index contributed by atoms with van der Waals surface area (Å²) < 4.78 is 4.96. The van der Waals surface area contributed by atoms with Crippen molar-refractivity contribution in [3.05, 3.63) is 10.4 Å². The van der Waals surface area contributed by atoms with Crippen molar-refractivity contribution >= 4 is 5.91 Å². The van der Waals surface area contributed by atoms with Gasteiger partial charge < -0.3 is 25.4 Å². The van der Waals surface area contributed by atoms with Gasteiger partial charge in [-0.2, -0.15) is 0 Å². The Kier molecular flexibility index (Phi) is 4.67. The van der Waals surface area contributed by atoms with Gasteiger partial charge in [-0.3, -0.25) is 4.79 Å². The van der Waals surface area contributed by atoms with Gasteiger partial charge in [0, 0.05) is 11.8 Å². The van der Waals surface area contributed by atoms with Gasteiger partial charge in [-0.05, 0) is 5.53 Å². The predicted molar refractivity (Wildman–Crippen MR) is 54.5 cm³/mol. The molecule has 0 radical (unpaired) electrons. The summed E-state index contributed by atoms with van der Waals surface area (Å²) in [6.45, 7) is 0.690. The number of carbonyl (C=O) groups excluding carboxylic acids is 1. The van der Waals surface area contributed by atoms with E-state index in [0.29, 0.717) is 0 Å². The van der Waals surface area contributed by atoms with E-state index in [2.05, 4.69) is 15.3 Å². The highest BCUT2D eigenvalue weighted by atomic mass is 16.6. The second-order valence-electron chi connectivity index (χ2n) is 3.66. The number of hydrogen-bond donors (Lipinski definition) is 4. The summed E-state index contributed by atoms with van der Waals surface area (Å²) in [7, 11) is 0. The smallest absolute Gasteiger partial charge is 0.217 e. The third-order valence-electron chi connectivity index (χ3n) is 2.44. The van der Waals surface area contributed by atoms with Gasteiger partial charge in [-0.1, -0.05) is 5.11 Å². The Bertz CT molecular complexity index is 332. The average Bonchev–Trinajstić information content (AvgIpc) is 2.53. The maximum absolute atomic E-state index is 10.8. The molecule has 9 nitrogen and oxygen atoms in total. The van der Waals surface area contributed by atoms with E-state index in [4.69, 9.17) is 15.4 Å². The lowest BCUT2D eigenvalue weighted by atomic mass is 10.0. The van der Waals surface area contributed by atoms with E-state index in [-0.39, 0.29) is 0 Å². The third kappa shape index (κ3) is 3.05. The molecule has 96 valence electrons. The number of azide groups is 1. The van der Waals surface area contributed by atoms with Gasteiger partial charge in [-0.15, -0.1) is 0 Å². The van der Waals surface area contributed by atoms with Crippen molar-refractivity contribution in [3.8, 4) is 0 Å². The molecule has 1 rings (SSSR count). The van der Waals surface area contributed by atoms with Crippen LogP contribution in [-0.2, 0) is 9.53 Å². The molecule has 0 bridgehead atoms. The molecule has 9 heteroatoms. The van der Waals surface area contributed by atoms with Crippen LogP contribution in [0.15, 0.2) is 5.11 Å². The van der Waals surface area contributed by atoms with Crippen molar-refractivity contribution in [3.63, 3.8) is 0 Å². The molecular weight excluding hydrogens is 232 g/mol. The van der Waals surface area contributed by atoms with E-state index >= 15 is 0 Å². The first-order chi connectivity index (χ1) is 8.01. The summed E-state index contributed by atoms with van der Waals surface area (Å²) in [4.78, 5) is 13.3. The monoisotopic (exact) mass is 246 g/mol. The van der Waals surface area contributed by atoms with E-state index in [0.717, 1.165) is 0 Å². The zero-order chi connectivity index (χ0) is 13.0. The minimum atomic E-state index is -1.41. The summed E-state index contributed by atoms with van der Waals surface area (Å²) in [6, 6.07) is -2.04. The third-order valence-corrected chi connectivity index (χ3v) is 2.44. The summed E-state index contributed by atoms with van der Waals surface area (Å²) in [5.41, 5.74) is 8.27. The van der Waals surface area contributed by atoms with Crippen LogP contribution < -0.4 is 5.32 Å². The fraction of sp³-hybridized carbons (Fsp3) is 0.875. The number of carbonyl (C=O) groups is 1. The average molecular weight is 246 g/mol. The van der Waals surface area contributed by atoms with E-state index in [1.54, 1.807) is 0 Å². The van der Waals surface area contributed by atoms with Gasteiger partial charge in [0.2, 0.25) is 5.91 Å². The molecule has 1 aliphatic heterocycles. The van der Waals surface area contributed by atoms with Crippen LogP contribution in [0, 0.1) is 0 Å². The zero-order valence-electron chi connectivity index (χ0n) is 9.09. The van der Waals surface area contributed by atoms with Crippen LogP contribution >= 0.6 is 0 Å². The van der Waals surface area contributed by atoms with Gasteiger partial charge >= 0.3 is 0 Å². The predicted octanol–water partition coefficient (Wildman–Crippen LogP) is -1.76. The van der Waals surface area contributed by atoms with Crippen LogP contribution in [0.2, 0.25) is 0 Å². The Labute approximate surface area is 96.6 Å². The number of aliphatic hydroxyl groups excluding tert-OH is 3. The van der Waals surface area contributed by atoms with Crippen LogP contribution in [0.4, 0.5) is 0 Å². The van der Waals surface area contributed by atoms with Crippen molar-refractivity contribution in [2.24, 2.45) is 5.11 Å². The zero-order valence-corrected chi connectivity index (χ0v) is 9.09. The molecule has 1 aliphatic rings. The molecule has 0 aromatic heterocycles. The van der Waals surface area contributed by atoms with Crippen LogP contribution in [0.1, 0.15) is 6.92 Å². The number of rotatable bonds is 4. The van der Waals surface area contributed by atoms with E-state index in [1.165, 1.54) is 6.92 Å². The van der Waals surface area contributed by atoms with Crippen LogP contribution in [-0.4, -0.2) is 58.4 Å². The highest BCUT2D eigenvalue weighted by Gasteiger charge is 2.46. The van der Waals surface area contributed by atoms with Crippen molar-refractivity contribution in [1.29, 1.82) is 0 Å². The molecule has 17 heavy (non-hydrogen) atoms. The number of ether oxygens (including phenoxy) is 1. The Morgan fingerprint density at radius 3 is 2.76 bits per heavy atom. The molecule has 1 amide bonds. The quantitative estimate of drug-likeness (QED) is 0.263. The van der Waals surface area contributed by atoms with Gasteiger partial charge in [0.05, 0.1) is 18.8 Å². The molecule has 1 fully saturated rings. The molecule has 1 heterocycles. The molecule has 1 unspecified atom stereocenters. The lowest BCUT2D eigenvalue weighted by Gasteiger charge is -2.20. The SMILES string of the molecule is CC(=O)N[C@@H]1C(O)[C@@H]([C@@H](CO)N=[N+]=[N-])O[C@H]1O. The van der Waals surface area contributed by atoms with Gasteiger partial charge in [0.25, 0.3) is 0 Å². The Morgan fingerprint density at radius 1 is 1.65 bits per heavy atom. The first-order valence-electron chi connectivity index (χ1n) is 4.95. The molecule has 0 saturated carbocycles. The maximum Gasteiger partial charge on any atom is 0.217 e. The molecule has 0 spiro atoms. The Morgan fingerprint density at radius 2 is 2.29 bits per heavy atom. The highest BCUT2D eigenvalue weighted by Crippen LogP contribution is 2.23. The number of hydrogen-bond acceptors (Lipinski definition) is 6. The van der Waals surface area contributed by atoms with Crippen LogP contribution in [0.25, 0.3) is 10.4 Å². The minimum Gasteiger partial charge on any atom is -0.396 e. The van der Waals surface area contributed by atoms with Crippen LogP contribution in [0.3, 0.4) is 0 Å². The first-order valence-corrected chi connectivity index (χ1v) is 4.95. The van der Waals surface area contributed by atoms with Gasteiger partial charge in [0.15, 0.2) is 6.29 Å². The topological polar surface area (TPSA) is 148 Å². The van der Waals surface area contributed by atoms with E-state index in [9.17, 15) is 15.0 Å². The number of aliphatic hydroxyl groups is 3. The number of nitrogens with one attached hydrogen (secondary N) is 1. The lowest BCUT2D eigenvalue weighted by molar-refractivity contribution is -0.126. The minimum absolute atomic E-state index is 0.443. The van der Waals surface area contributed by atoms with Crippen molar-refractivity contribution < 1.29 is 24.9 Å². The highest BCUT2D eigenvalue weighted by molar-refractivity contribution is 5.73. The van der Waals surface area contributed by atoms with Crippen molar-refractivity contribution in [1.82, 2.24) is 5.32 Å². The normalized spacial score (nSPS) is 33.9. The second kappa shape index (κ2) is 5.80. The second-order valence-corrected chi connectivity index (χ2v) is 3.66. The molecule has 1 saturated heterocycles. The maximum atomic E-state index is 10.8. The number of amides is 1. The summed E-state index contributed by atoms with van der Waals surface area (Å²) >= 11 is 0. The molecule has 4 N–H and O–H groups in total. The summed E-state index contributed by atoms with van der Waals surface area (Å²) in [5.74, 6) is -0.443. The summed E-state index contributed by atoms with van der Waals surface area (Å²) in [5, 5.41) is 33.8. The number of nitrogens with zero attached hydrogens (tertiary/aromatic N) is 3. The Balaban J connectivity index is 2.78. The Hall–Kier alpha value is -1.38. The van der Waals surface area contributed by atoms with E-state index in [1.807, 2.05) is 0 Å². The van der Waals surface area contributed by atoms with Crippen molar-refractivity contribution in [2.45, 2.75) is 37.5 Å². The largest absolute Gasteiger partial charge is 0.396 e.